The SMILES string of the molecule is CCC[C@@H]1CC[C@H]2[C@@H]3[C@H](O)CCC[C@](O)([C@](C)(O)[C@H]4CC[C@@]5(O)C6=C(NC[C@H](C)O)C(=O)[C@@H]7C[C@@H](O)[C@@H](O)C[C@@]78C[C@H](C7=C(CCCO)NC(N)C=C7)C=C[C@@](O)(C[C@]45C4CCC(CCOC)CC4)[C@@H]68)[C@@H]3O[C@@H]2CC1. The van der Waals surface area contributed by atoms with E-state index in [2.05, 4.69) is 17.6 Å². The van der Waals surface area contributed by atoms with Crippen LogP contribution in [0.4, 0.5) is 0 Å². The molecule has 75 heavy (non-hydrogen) atoms. The number of nitrogens with one attached hydrogen (secondary N) is 2. The van der Waals surface area contributed by atoms with Crippen LogP contribution < -0.4 is 16.4 Å². The number of ether oxygens (including phenoxy) is 2. The van der Waals surface area contributed by atoms with E-state index in [0.29, 0.717) is 62.5 Å². The first-order valence-electron chi connectivity index (χ1n) is 29.8. The molecule has 0 aromatic rings. The summed E-state index contributed by atoms with van der Waals surface area (Å²) in [7, 11) is 1.71. The third kappa shape index (κ3) is 9.11. The van der Waals surface area contributed by atoms with E-state index in [1.165, 1.54) is 0 Å². The molecule has 15 heteroatoms. The van der Waals surface area contributed by atoms with Crippen molar-refractivity contribution >= 4 is 5.78 Å². The Kier molecular flexibility index (Phi) is 15.9. The normalized spacial score (nSPS) is 47.8. The first kappa shape index (κ1) is 56.0. The van der Waals surface area contributed by atoms with E-state index in [1.54, 1.807) is 21.0 Å². The van der Waals surface area contributed by atoms with Gasteiger partial charge in [0.25, 0.3) is 0 Å². The van der Waals surface area contributed by atoms with Crippen molar-refractivity contribution in [3.05, 3.63) is 46.8 Å². The molecule has 15 nitrogen and oxygen atoms in total. The Balaban J connectivity index is 1.18. The number of rotatable bonds is 15. The molecule has 13 N–H and O–H groups in total. The molecule has 0 aromatic heterocycles. The minimum Gasteiger partial charge on any atom is -0.396 e. The second-order valence-corrected chi connectivity index (χ2v) is 26.5. The number of carbonyl (C=O) groups excluding carboxylic acids is 1. The molecule has 0 bridgehead atoms. The Labute approximate surface area is 445 Å². The minimum atomic E-state index is -1.95. The molecule has 7 fully saturated rings. The van der Waals surface area contributed by atoms with Gasteiger partial charge in [-0.15, -0.1) is 0 Å². The second kappa shape index (κ2) is 21.3. The smallest absolute Gasteiger partial charge is 0.182 e. The van der Waals surface area contributed by atoms with Crippen molar-refractivity contribution in [3.8, 4) is 0 Å². The fourth-order valence-electron chi connectivity index (χ4n) is 19.3. The van der Waals surface area contributed by atoms with Crippen LogP contribution in [0, 0.1) is 64.1 Å². The summed E-state index contributed by atoms with van der Waals surface area (Å²) in [5, 5.41) is 121. The van der Waals surface area contributed by atoms with Gasteiger partial charge in [-0.2, -0.15) is 0 Å². The van der Waals surface area contributed by atoms with Gasteiger partial charge in [-0.25, -0.2) is 0 Å². The number of dihydropyridines is 1. The average Bonchev–Trinajstić information content (AvgIpc) is 3.75. The van der Waals surface area contributed by atoms with Crippen molar-refractivity contribution in [3.63, 3.8) is 0 Å². The minimum absolute atomic E-state index is 0.0137. The summed E-state index contributed by atoms with van der Waals surface area (Å²) in [5.74, 6) is -3.23. The highest BCUT2D eigenvalue weighted by molar-refractivity contribution is 6.00. The maximum Gasteiger partial charge on any atom is 0.182 e. The zero-order chi connectivity index (χ0) is 53.5. The van der Waals surface area contributed by atoms with E-state index in [4.69, 9.17) is 15.2 Å². The molecule has 2 aliphatic heterocycles. The van der Waals surface area contributed by atoms with Crippen LogP contribution in [0.2, 0.25) is 0 Å². The van der Waals surface area contributed by atoms with Crippen molar-refractivity contribution in [2.24, 2.45) is 69.8 Å². The largest absolute Gasteiger partial charge is 0.396 e. The summed E-state index contributed by atoms with van der Waals surface area (Å²) in [4.78, 5) is 16.0. The zero-order valence-electron chi connectivity index (χ0n) is 45.6. The number of methoxy groups -OCH3 is 1. The number of allylic oxidation sites excluding steroid dienone is 5. The number of hydrogen-bond acceptors (Lipinski definition) is 15. The summed E-state index contributed by atoms with van der Waals surface area (Å²) in [6.45, 7) is 6.14. The summed E-state index contributed by atoms with van der Waals surface area (Å²) < 4.78 is 12.7. The first-order valence-corrected chi connectivity index (χ1v) is 29.8. The van der Waals surface area contributed by atoms with Crippen molar-refractivity contribution in [1.29, 1.82) is 0 Å². The highest BCUT2D eigenvalue weighted by Crippen LogP contribution is 2.77. The highest BCUT2D eigenvalue weighted by atomic mass is 16.5. The van der Waals surface area contributed by atoms with Crippen LogP contribution >= 0.6 is 0 Å². The van der Waals surface area contributed by atoms with E-state index in [9.17, 15) is 46.0 Å². The number of hydrogen-bond donors (Lipinski definition) is 12. The molecule has 2 heterocycles. The number of nitrogens with two attached hydrogens (primary N) is 1. The number of aliphatic hydroxyl groups excluding tert-OH is 5. The monoisotopic (exact) mass is 1050 g/mol. The van der Waals surface area contributed by atoms with Crippen LogP contribution in [-0.2, 0) is 14.3 Å². The first-order chi connectivity index (χ1) is 35.7. The summed E-state index contributed by atoms with van der Waals surface area (Å²) in [6, 6.07) is 0. The molecular formula is C60H95N3O12. The number of ketones is 1. The molecule has 8 aliphatic carbocycles. The fourth-order valence-corrected chi connectivity index (χ4v) is 19.3. The number of Topliss-reactive ketones (excluding diaryl/α,β-unsaturated/α-hetero) is 1. The molecule has 10 aliphatic rings. The van der Waals surface area contributed by atoms with Crippen LogP contribution in [0.1, 0.15) is 162 Å². The predicted molar refractivity (Wildman–Crippen MR) is 283 cm³/mol. The molecule has 0 aromatic carbocycles. The summed E-state index contributed by atoms with van der Waals surface area (Å²) in [6.07, 6.45) is 14.6. The summed E-state index contributed by atoms with van der Waals surface area (Å²) in [5.41, 5.74) is -1.41. The zero-order valence-corrected chi connectivity index (χ0v) is 45.6. The highest BCUT2D eigenvalue weighted by Gasteiger charge is 2.80. The third-order valence-electron chi connectivity index (χ3n) is 22.5. The van der Waals surface area contributed by atoms with E-state index in [0.717, 1.165) is 69.1 Å². The number of fused-ring (bicyclic) bond motifs is 5. The second-order valence-electron chi connectivity index (χ2n) is 26.5. The van der Waals surface area contributed by atoms with E-state index < -0.39 is 99.5 Å². The van der Waals surface area contributed by atoms with Gasteiger partial charge < -0.3 is 71.8 Å². The molecule has 0 amide bonds. The summed E-state index contributed by atoms with van der Waals surface area (Å²) >= 11 is 0. The van der Waals surface area contributed by atoms with E-state index >= 15 is 4.79 Å². The topological polar surface area (TPSA) is 268 Å². The van der Waals surface area contributed by atoms with Crippen LogP contribution in [0.3, 0.4) is 0 Å². The van der Waals surface area contributed by atoms with Gasteiger partial charge in [0.05, 0.1) is 65.3 Å². The maximum absolute atomic E-state index is 16.0. The Bertz CT molecular complexity index is 2210. The van der Waals surface area contributed by atoms with Gasteiger partial charge in [0.15, 0.2) is 5.78 Å². The molecule has 422 valence electrons. The quantitative estimate of drug-likeness (QED) is 0.0993. The van der Waals surface area contributed by atoms with Gasteiger partial charge >= 0.3 is 0 Å². The number of carbonyl (C=O) groups is 1. The molecule has 1 saturated heterocycles. The molecule has 20 atom stereocenters. The lowest BCUT2D eigenvalue weighted by Gasteiger charge is -2.69. The lowest BCUT2D eigenvalue weighted by Crippen LogP contribution is -2.74. The Morgan fingerprint density at radius 1 is 0.947 bits per heavy atom. The Morgan fingerprint density at radius 2 is 1.68 bits per heavy atom. The van der Waals surface area contributed by atoms with Crippen LogP contribution in [0.25, 0.3) is 0 Å². The van der Waals surface area contributed by atoms with Gasteiger partial charge in [0.2, 0.25) is 0 Å². The van der Waals surface area contributed by atoms with Gasteiger partial charge in [0, 0.05) is 61.7 Å². The van der Waals surface area contributed by atoms with Gasteiger partial charge in [0.1, 0.15) is 5.60 Å². The van der Waals surface area contributed by atoms with Gasteiger partial charge in [-0.05, 0) is 175 Å². The van der Waals surface area contributed by atoms with Gasteiger partial charge in [-0.3, -0.25) is 4.79 Å². The van der Waals surface area contributed by atoms with Crippen LogP contribution in [0.5, 0.6) is 0 Å². The van der Waals surface area contributed by atoms with Crippen LogP contribution in [0.15, 0.2) is 46.8 Å². The molecule has 1 unspecified atom stereocenters. The Morgan fingerprint density at radius 3 is 2.40 bits per heavy atom. The standard InChI is InChI=1S/C60H95N3O12/c1-5-8-35-13-17-40-46(19-14-35)75-54-49(40)43(66)10-6-24-60(54,73)55(3,70)47-22-26-59(72)50-51(62-32-34(2)65)52(69)41-29-44(67)45(68)31-56(41)30-37(39-18-20-48(61)63-42(39)9-7-27-64)21-25-57(71,53(50)56)33-58(47,59)38-15-11-36(12-16-38)23-28-74-4/h18,20-21,25,34-38,40-41,43-49,53-54,62-68,70-73H,5-17,19,22-24,26-33,61H2,1-4H3/t34-,35+,36?,37+,38?,40+,41-,43+,44+,45-,46+,47+,48?,49+,53-,54+,55+,56-,57+,58-,59+,60+/m0/s1. The maximum atomic E-state index is 16.0. The lowest BCUT2D eigenvalue weighted by atomic mass is 9.37. The number of aliphatic hydroxyl groups is 9. The van der Waals surface area contributed by atoms with E-state index in [-0.39, 0.29) is 87.5 Å². The van der Waals surface area contributed by atoms with E-state index in [1.807, 2.05) is 24.3 Å². The van der Waals surface area contributed by atoms with Gasteiger partial charge in [-0.1, -0.05) is 57.3 Å². The average molecular weight is 1050 g/mol. The van der Waals surface area contributed by atoms with Crippen molar-refractivity contribution in [2.75, 3.05) is 26.9 Å². The van der Waals surface area contributed by atoms with Crippen molar-refractivity contribution < 1.29 is 60.2 Å². The van der Waals surface area contributed by atoms with Crippen LogP contribution in [-0.4, -0.2) is 144 Å². The Hall–Kier alpha value is -2.25. The van der Waals surface area contributed by atoms with Crippen molar-refractivity contribution in [1.82, 2.24) is 10.6 Å². The van der Waals surface area contributed by atoms with Crippen molar-refractivity contribution in [2.45, 2.75) is 227 Å². The molecule has 0 radical (unpaired) electrons. The molecular weight excluding hydrogens is 955 g/mol. The third-order valence-corrected chi connectivity index (χ3v) is 22.5. The lowest BCUT2D eigenvalue weighted by molar-refractivity contribution is -0.276. The molecule has 1 spiro atoms. The predicted octanol–water partition coefficient (Wildman–Crippen LogP) is 4.70. The molecule has 6 saturated carbocycles. The molecule has 10 rings (SSSR count). The fraction of sp³-hybridized carbons (Fsp3) is 0.850.